The topological polar surface area (TPSA) is 62.1 Å². The van der Waals surface area contributed by atoms with Gasteiger partial charge in [-0.3, -0.25) is 4.79 Å². The number of carbonyl (C=O) groups is 1. The molecule has 1 aromatic heterocycles. The highest BCUT2D eigenvalue weighted by Gasteiger charge is 2.13. The first-order valence-electron chi connectivity index (χ1n) is 6.68. The summed E-state index contributed by atoms with van der Waals surface area (Å²) in [6.07, 6.45) is 3.15. The van der Waals surface area contributed by atoms with Crippen molar-refractivity contribution in [2.75, 3.05) is 12.4 Å². The van der Waals surface area contributed by atoms with Gasteiger partial charge < -0.3 is 10.1 Å². The lowest BCUT2D eigenvalue weighted by Crippen LogP contribution is -2.07. The Kier molecular flexibility index (Phi) is 4.97. The smallest absolute Gasteiger partial charge is 0.249 e. The highest BCUT2D eigenvalue weighted by atomic mass is 32.1. The van der Waals surface area contributed by atoms with Crippen LogP contribution in [0.25, 0.3) is 6.08 Å². The van der Waals surface area contributed by atoms with Crippen LogP contribution in [0.2, 0.25) is 0 Å². The van der Waals surface area contributed by atoms with Gasteiger partial charge in [0.1, 0.15) is 16.8 Å². The minimum absolute atomic E-state index is 0.263. The number of nitrogens with one attached hydrogen (secondary N) is 1. The van der Waals surface area contributed by atoms with Crippen molar-refractivity contribution in [1.29, 1.82) is 5.26 Å². The maximum Gasteiger partial charge on any atom is 0.249 e. The van der Waals surface area contributed by atoms with Crippen LogP contribution in [0.3, 0.4) is 0 Å². The molecule has 0 saturated heterocycles. The zero-order chi connectivity index (χ0) is 16.1. The zero-order valence-corrected chi connectivity index (χ0v) is 13.5. The Hall–Kier alpha value is -2.58. The quantitative estimate of drug-likeness (QED) is 0.871. The molecule has 0 saturated carbocycles. The van der Waals surface area contributed by atoms with Crippen LogP contribution < -0.4 is 10.1 Å². The monoisotopic (exact) mass is 312 g/mol. The van der Waals surface area contributed by atoms with E-state index in [1.807, 2.05) is 38.1 Å². The van der Waals surface area contributed by atoms with Crippen molar-refractivity contribution in [3.05, 3.63) is 51.9 Å². The van der Waals surface area contributed by atoms with E-state index in [0.717, 1.165) is 21.8 Å². The lowest BCUT2D eigenvalue weighted by Gasteiger charge is -2.01. The fourth-order valence-corrected chi connectivity index (χ4v) is 2.93. The Morgan fingerprint density at radius 1 is 1.41 bits per heavy atom. The van der Waals surface area contributed by atoms with Crippen LogP contribution in [0, 0.1) is 25.2 Å². The number of hydrogen-bond donors (Lipinski definition) is 1. The lowest BCUT2D eigenvalue weighted by atomic mass is 10.2. The van der Waals surface area contributed by atoms with Gasteiger partial charge in [-0.25, -0.2) is 0 Å². The van der Waals surface area contributed by atoms with Gasteiger partial charge in [-0.2, -0.15) is 5.26 Å². The number of ether oxygens (including phenoxy) is 1. The zero-order valence-electron chi connectivity index (χ0n) is 12.6. The molecule has 0 aliphatic carbocycles. The summed E-state index contributed by atoms with van der Waals surface area (Å²) in [4.78, 5) is 13.0. The molecule has 0 spiro atoms. The summed E-state index contributed by atoms with van der Waals surface area (Å²) in [5, 5.41) is 12.5. The van der Waals surface area contributed by atoms with Gasteiger partial charge in [0.15, 0.2) is 0 Å². The third-order valence-corrected chi connectivity index (χ3v) is 4.38. The number of carbonyl (C=O) groups excluding carboxylic acids is 1. The van der Waals surface area contributed by atoms with Crippen LogP contribution in [-0.2, 0) is 4.79 Å². The largest absolute Gasteiger partial charge is 0.497 e. The molecule has 1 N–H and O–H groups in total. The standard InChI is InChI=1S/C17H16N2O2S/c1-11-12(2)22-17(15(11)10-18)19-16(20)8-7-13-5-4-6-14(9-13)21-3/h4-9H,1-3H3,(H,19,20)/b8-7+. The van der Waals surface area contributed by atoms with E-state index >= 15 is 0 Å². The van der Waals surface area contributed by atoms with Crippen molar-refractivity contribution >= 4 is 28.3 Å². The summed E-state index contributed by atoms with van der Waals surface area (Å²) in [6.45, 7) is 3.81. The predicted octanol–water partition coefficient (Wildman–Crippen LogP) is 3.90. The first-order valence-corrected chi connectivity index (χ1v) is 7.50. The Morgan fingerprint density at radius 2 is 2.18 bits per heavy atom. The minimum Gasteiger partial charge on any atom is -0.497 e. The molecular formula is C17H16N2O2S. The molecule has 0 atom stereocenters. The third kappa shape index (κ3) is 3.54. The molecule has 0 unspecified atom stereocenters. The number of rotatable bonds is 4. The summed E-state index contributed by atoms with van der Waals surface area (Å²) < 4.78 is 5.13. The molecule has 5 heteroatoms. The Morgan fingerprint density at radius 3 is 2.86 bits per heavy atom. The van der Waals surface area contributed by atoms with E-state index in [9.17, 15) is 4.79 Å². The van der Waals surface area contributed by atoms with Crippen LogP contribution in [0.1, 0.15) is 21.6 Å². The average Bonchev–Trinajstić information content (AvgIpc) is 2.79. The van der Waals surface area contributed by atoms with Crippen molar-refractivity contribution < 1.29 is 9.53 Å². The van der Waals surface area contributed by atoms with E-state index in [0.29, 0.717) is 10.6 Å². The van der Waals surface area contributed by atoms with E-state index in [-0.39, 0.29) is 5.91 Å². The van der Waals surface area contributed by atoms with Gasteiger partial charge in [0.25, 0.3) is 0 Å². The van der Waals surface area contributed by atoms with Gasteiger partial charge in [0.2, 0.25) is 5.91 Å². The molecule has 0 aliphatic rings. The number of nitriles is 1. The van der Waals surface area contributed by atoms with Crippen molar-refractivity contribution in [2.24, 2.45) is 0 Å². The van der Waals surface area contributed by atoms with E-state index in [2.05, 4.69) is 11.4 Å². The van der Waals surface area contributed by atoms with E-state index in [1.165, 1.54) is 17.4 Å². The lowest BCUT2D eigenvalue weighted by molar-refractivity contribution is -0.111. The second kappa shape index (κ2) is 6.92. The molecule has 1 heterocycles. The van der Waals surface area contributed by atoms with Gasteiger partial charge in [0, 0.05) is 11.0 Å². The van der Waals surface area contributed by atoms with Crippen molar-refractivity contribution in [3.8, 4) is 11.8 Å². The normalized spacial score (nSPS) is 10.5. The van der Waals surface area contributed by atoms with E-state index < -0.39 is 0 Å². The van der Waals surface area contributed by atoms with E-state index in [1.54, 1.807) is 13.2 Å². The number of amides is 1. The molecule has 0 fully saturated rings. The summed E-state index contributed by atoms with van der Waals surface area (Å²) in [7, 11) is 1.60. The molecule has 22 heavy (non-hydrogen) atoms. The van der Waals surface area contributed by atoms with Gasteiger partial charge >= 0.3 is 0 Å². The second-order valence-electron chi connectivity index (χ2n) is 4.70. The SMILES string of the molecule is COc1cccc(/C=C/C(=O)Nc2sc(C)c(C)c2C#N)c1. The fraction of sp³-hybridized carbons (Fsp3) is 0.176. The van der Waals surface area contributed by atoms with Crippen LogP contribution in [0.15, 0.2) is 30.3 Å². The molecule has 1 amide bonds. The minimum atomic E-state index is -0.263. The number of thiophene rings is 1. The molecular weight excluding hydrogens is 296 g/mol. The Bertz CT molecular complexity index is 769. The maximum atomic E-state index is 12.0. The Balaban J connectivity index is 2.12. The molecule has 2 aromatic rings. The van der Waals surface area contributed by atoms with Crippen molar-refractivity contribution in [1.82, 2.24) is 0 Å². The number of benzene rings is 1. The first kappa shape index (κ1) is 15.8. The van der Waals surface area contributed by atoms with Crippen LogP contribution in [0.4, 0.5) is 5.00 Å². The number of anilines is 1. The van der Waals surface area contributed by atoms with Gasteiger partial charge in [-0.05, 0) is 43.2 Å². The highest BCUT2D eigenvalue weighted by molar-refractivity contribution is 7.16. The van der Waals surface area contributed by atoms with Crippen molar-refractivity contribution in [3.63, 3.8) is 0 Å². The van der Waals surface area contributed by atoms with Crippen LogP contribution in [-0.4, -0.2) is 13.0 Å². The number of aryl methyl sites for hydroxylation is 1. The maximum absolute atomic E-state index is 12.0. The first-order chi connectivity index (χ1) is 10.5. The summed E-state index contributed by atoms with van der Waals surface area (Å²) in [6, 6.07) is 9.55. The predicted molar refractivity (Wildman–Crippen MR) is 89.2 cm³/mol. The van der Waals surface area contributed by atoms with Gasteiger partial charge in [-0.1, -0.05) is 12.1 Å². The number of methoxy groups -OCH3 is 1. The average molecular weight is 312 g/mol. The summed E-state index contributed by atoms with van der Waals surface area (Å²) in [5.41, 5.74) is 2.32. The molecule has 1 aromatic carbocycles. The van der Waals surface area contributed by atoms with Gasteiger partial charge in [0.05, 0.1) is 12.7 Å². The molecule has 0 aliphatic heterocycles. The van der Waals surface area contributed by atoms with Gasteiger partial charge in [-0.15, -0.1) is 11.3 Å². The molecule has 0 bridgehead atoms. The molecule has 0 radical (unpaired) electrons. The van der Waals surface area contributed by atoms with Crippen LogP contribution >= 0.6 is 11.3 Å². The number of hydrogen-bond acceptors (Lipinski definition) is 4. The summed E-state index contributed by atoms with van der Waals surface area (Å²) >= 11 is 1.41. The fourth-order valence-electron chi connectivity index (χ4n) is 1.92. The van der Waals surface area contributed by atoms with Crippen molar-refractivity contribution in [2.45, 2.75) is 13.8 Å². The second-order valence-corrected chi connectivity index (χ2v) is 5.92. The number of nitrogens with zero attached hydrogens (tertiary/aromatic N) is 1. The molecule has 4 nitrogen and oxygen atoms in total. The highest BCUT2D eigenvalue weighted by Crippen LogP contribution is 2.31. The Labute approximate surface area is 133 Å². The summed E-state index contributed by atoms with van der Waals surface area (Å²) in [5.74, 6) is 0.472. The third-order valence-electron chi connectivity index (χ3n) is 3.25. The molecule has 112 valence electrons. The molecule has 2 rings (SSSR count). The van der Waals surface area contributed by atoms with Crippen LogP contribution in [0.5, 0.6) is 5.75 Å². The van der Waals surface area contributed by atoms with E-state index in [4.69, 9.17) is 10.00 Å².